The zero-order chi connectivity index (χ0) is 13.6. The van der Waals surface area contributed by atoms with Crippen molar-refractivity contribution in [1.82, 2.24) is 0 Å². The highest BCUT2D eigenvalue weighted by Gasteiger charge is 2.32. The predicted molar refractivity (Wildman–Crippen MR) is 72.2 cm³/mol. The molecule has 0 radical (unpaired) electrons. The number of methoxy groups -OCH3 is 1. The van der Waals surface area contributed by atoms with Gasteiger partial charge < -0.3 is 4.74 Å². The zero-order valence-electron chi connectivity index (χ0n) is 10.5. The molecule has 0 spiro atoms. The lowest BCUT2D eigenvalue weighted by molar-refractivity contribution is -0.172. The van der Waals surface area contributed by atoms with Gasteiger partial charge in [0.25, 0.3) is 0 Å². The summed E-state index contributed by atoms with van der Waals surface area (Å²) in [6.45, 7) is 0. The molecule has 0 amide bonds. The van der Waals surface area contributed by atoms with Gasteiger partial charge >= 0.3 is 0 Å². The van der Waals surface area contributed by atoms with Crippen LogP contribution in [0.15, 0.2) is 60.7 Å². The van der Waals surface area contributed by atoms with Gasteiger partial charge in [-0.2, -0.15) is 5.26 Å². The summed E-state index contributed by atoms with van der Waals surface area (Å²) in [4.78, 5) is 3.90. The van der Waals surface area contributed by atoms with Gasteiger partial charge in [0, 0.05) is 18.2 Å². The molecule has 2 rings (SSSR count). The van der Waals surface area contributed by atoms with E-state index in [0.29, 0.717) is 0 Å². The van der Waals surface area contributed by atoms with E-state index in [1.165, 1.54) is 0 Å². The Labute approximate surface area is 112 Å². The first kappa shape index (κ1) is 13.2. The van der Waals surface area contributed by atoms with E-state index in [2.05, 4.69) is 16.9 Å². The minimum atomic E-state index is -0.967. The molecule has 1 N–H and O–H groups in total. The van der Waals surface area contributed by atoms with Crippen molar-refractivity contribution in [3.8, 4) is 12.0 Å². The van der Waals surface area contributed by atoms with Crippen LogP contribution in [0.3, 0.4) is 0 Å². The quantitative estimate of drug-likeness (QED) is 0.520. The van der Waals surface area contributed by atoms with Crippen LogP contribution in [0, 0.1) is 12.0 Å². The number of hydrogen-bond donors (Lipinski definition) is 1. The van der Waals surface area contributed by atoms with E-state index in [0.717, 1.165) is 11.1 Å². The lowest BCUT2D eigenvalue weighted by Crippen LogP contribution is -2.28. The average Bonchev–Trinajstić information content (AvgIpc) is 2.51. The van der Waals surface area contributed by atoms with Crippen LogP contribution in [0.4, 0.5) is 0 Å². The highest BCUT2D eigenvalue weighted by atomic mass is 17.1. The third-order valence-corrected chi connectivity index (χ3v) is 2.94. The topological polar surface area (TPSA) is 38.7 Å². The van der Waals surface area contributed by atoms with Crippen LogP contribution in [0.25, 0.3) is 0 Å². The van der Waals surface area contributed by atoms with E-state index in [4.69, 9.17) is 9.99 Å². The summed E-state index contributed by atoms with van der Waals surface area (Å²) in [6, 6.07) is 19.2. The van der Waals surface area contributed by atoms with E-state index < -0.39 is 5.60 Å². The van der Waals surface area contributed by atoms with Crippen LogP contribution in [-0.2, 0) is 15.2 Å². The van der Waals surface area contributed by atoms with Crippen molar-refractivity contribution in [3.05, 3.63) is 71.8 Å². The third-order valence-electron chi connectivity index (χ3n) is 2.94. The normalized spacial score (nSPS) is 10.4. The molecule has 0 heterocycles. The van der Waals surface area contributed by atoms with Crippen molar-refractivity contribution in [2.45, 2.75) is 5.60 Å². The average molecular weight is 254 g/mol. The zero-order valence-corrected chi connectivity index (χ0v) is 10.5. The minimum absolute atomic E-state index is 0.869. The summed E-state index contributed by atoms with van der Waals surface area (Å²) >= 11 is 0. The van der Waals surface area contributed by atoms with Gasteiger partial charge in [0.2, 0.25) is 0 Å². The summed E-state index contributed by atoms with van der Waals surface area (Å²) < 4.78 is 5.65. The van der Waals surface area contributed by atoms with Gasteiger partial charge in [0.15, 0.2) is 11.7 Å². The molecule has 0 aliphatic rings. The molecule has 0 bridgehead atoms. The predicted octanol–water partition coefficient (Wildman–Crippen LogP) is 3.03. The summed E-state index contributed by atoms with van der Waals surface area (Å²) in [6.07, 6.45) is 2.22. The third kappa shape index (κ3) is 2.60. The molecule has 0 unspecified atom stereocenters. The maximum atomic E-state index is 8.49. The molecule has 0 atom stereocenters. The molecule has 0 aliphatic carbocycles. The number of rotatable bonds is 3. The van der Waals surface area contributed by atoms with Gasteiger partial charge in [-0.25, -0.2) is 0 Å². The van der Waals surface area contributed by atoms with Crippen LogP contribution >= 0.6 is 0 Å². The molecule has 2 aromatic carbocycles. The van der Waals surface area contributed by atoms with Gasteiger partial charge in [0.1, 0.15) is 0 Å². The lowest BCUT2D eigenvalue weighted by atomic mass is 9.87. The Morgan fingerprint density at radius 2 is 1.37 bits per heavy atom. The molecule has 19 heavy (non-hydrogen) atoms. The van der Waals surface area contributed by atoms with Crippen molar-refractivity contribution in [2.75, 3.05) is 7.11 Å². The second kappa shape index (κ2) is 6.05. The van der Waals surface area contributed by atoms with Crippen molar-refractivity contribution in [1.29, 1.82) is 0 Å². The summed E-state index contributed by atoms with van der Waals surface area (Å²) in [7, 11) is 1.58. The van der Waals surface area contributed by atoms with Crippen LogP contribution in [0.1, 0.15) is 11.1 Å². The van der Waals surface area contributed by atoms with E-state index in [9.17, 15) is 0 Å². The van der Waals surface area contributed by atoms with Gasteiger partial charge in [0.05, 0.1) is 0 Å². The Morgan fingerprint density at radius 1 is 0.895 bits per heavy atom. The Kier molecular flexibility index (Phi) is 4.19. The highest BCUT2D eigenvalue weighted by Crippen LogP contribution is 2.32. The van der Waals surface area contributed by atoms with Crippen LogP contribution in [0.2, 0.25) is 0 Å². The Hall–Kier alpha value is -2.28. The second-order valence-corrected chi connectivity index (χ2v) is 3.94. The molecule has 0 saturated carbocycles. The first-order chi connectivity index (χ1) is 9.33. The standard InChI is InChI=1S/C16H14O3/c1-18-16(12-13-19-17,14-8-4-2-5-9-14)15-10-6-3-7-11-15/h2-11,17H,1H3. The lowest BCUT2D eigenvalue weighted by Gasteiger charge is -2.27. The first-order valence-electron chi connectivity index (χ1n) is 5.82. The fourth-order valence-electron chi connectivity index (χ4n) is 2.04. The fourth-order valence-corrected chi connectivity index (χ4v) is 2.04. The van der Waals surface area contributed by atoms with E-state index in [-0.39, 0.29) is 0 Å². The molecule has 96 valence electrons. The van der Waals surface area contributed by atoms with Crippen LogP contribution in [0.5, 0.6) is 0 Å². The molecule has 0 fully saturated rings. The van der Waals surface area contributed by atoms with Gasteiger partial charge in [-0.05, 0) is 5.92 Å². The fraction of sp³-hybridized carbons (Fsp3) is 0.125. The van der Waals surface area contributed by atoms with Crippen molar-refractivity contribution in [2.24, 2.45) is 0 Å². The van der Waals surface area contributed by atoms with Crippen molar-refractivity contribution >= 4 is 0 Å². The number of hydrogen-bond acceptors (Lipinski definition) is 3. The Bertz CT molecular complexity index is 528. The number of benzene rings is 2. The monoisotopic (exact) mass is 254 g/mol. The molecule has 0 aromatic heterocycles. The minimum Gasteiger partial charge on any atom is -0.357 e. The van der Waals surface area contributed by atoms with Crippen LogP contribution < -0.4 is 0 Å². The maximum absolute atomic E-state index is 8.49. The van der Waals surface area contributed by atoms with E-state index >= 15 is 0 Å². The van der Waals surface area contributed by atoms with Crippen molar-refractivity contribution in [3.63, 3.8) is 0 Å². The molecule has 2 aromatic rings. The van der Waals surface area contributed by atoms with E-state index in [1.807, 2.05) is 60.7 Å². The highest BCUT2D eigenvalue weighted by molar-refractivity contribution is 5.44. The summed E-state index contributed by atoms with van der Waals surface area (Å²) in [5.41, 5.74) is 0.770. The Balaban J connectivity index is 2.62. The molecular formula is C16H14O3. The van der Waals surface area contributed by atoms with Gasteiger partial charge in [-0.3, -0.25) is 4.89 Å². The largest absolute Gasteiger partial charge is 0.357 e. The molecule has 3 nitrogen and oxygen atoms in total. The maximum Gasteiger partial charge on any atom is 0.182 e. The summed E-state index contributed by atoms with van der Waals surface area (Å²) in [5, 5.41) is 8.49. The van der Waals surface area contributed by atoms with Crippen molar-refractivity contribution < 1.29 is 14.9 Å². The molecule has 3 heteroatoms. The van der Waals surface area contributed by atoms with Gasteiger partial charge in [-0.15, -0.1) is 0 Å². The molecule has 0 aliphatic heterocycles. The summed E-state index contributed by atoms with van der Waals surface area (Å²) in [5.74, 6) is 2.82. The number of ether oxygens (including phenoxy) is 1. The smallest absolute Gasteiger partial charge is 0.182 e. The van der Waals surface area contributed by atoms with Crippen LogP contribution in [-0.4, -0.2) is 12.4 Å². The SMILES string of the molecule is COC(C#COO)(c1ccccc1)c1ccccc1. The molecule has 0 saturated heterocycles. The second-order valence-electron chi connectivity index (χ2n) is 3.94. The molecular weight excluding hydrogens is 240 g/mol. The first-order valence-corrected chi connectivity index (χ1v) is 5.82. The van der Waals surface area contributed by atoms with Gasteiger partial charge in [-0.1, -0.05) is 60.7 Å². The Morgan fingerprint density at radius 3 is 1.74 bits per heavy atom. The van der Waals surface area contributed by atoms with E-state index in [1.54, 1.807) is 7.11 Å².